The molecule has 82 valence electrons. The molecule has 1 unspecified atom stereocenters. The van der Waals surface area contributed by atoms with E-state index in [1.54, 1.807) is 6.92 Å². The van der Waals surface area contributed by atoms with E-state index in [0.29, 0.717) is 0 Å². The fraction of sp³-hybridized carbons (Fsp3) is 1.00. The van der Waals surface area contributed by atoms with Gasteiger partial charge in [-0.05, 0) is 20.0 Å². The fourth-order valence-corrected chi connectivity index (χ4v) is 0.752. The Morgan fingerprint density at radius 2 is 1.46 bits per heavy atom. The molecule has 0 aliphatic carbocycles. The van der Waals surface area contributed by atoms with Gasteiger partial charge in [-0.25, -0.2) is 0 Å². The summed E-state index contributed by atoms with van der Waals surface area (Å²) in [6, 6.07) is 0. The van der Waals surface area contributed by atoms with E-state index in [2.05, 4.69) is 0 Å². The third-order valence-electron chi connectivity index (χ3n) is 1.34. The first-order chi connectivity index (χ1) is 5.72. The zero-order chi connectivity index (χ0) is 11.1. The van der Waals surface area contributed by atoms with Crippen LogP contribution in [0, 0.1) is 0 Å². The van der Waals surface area contributed by atoms with Gasteiger partial charge >= 0.3 is 10.4 Å². The van der Waals surface area contributed by atoms with E-state index in [1.165, 1.54) is 0 Å². The van der Waals surface area contributed by atoms with Crippen molar-refractivity contribution >= 4 is 10.4 Å². The van der Waals surface area contributed by atoms with Gasteiger partial charge in [0.15, 0.2) is 0 Å². The van der Waals surface area contributed by atoms with Crippen molar-refractivity contribution in [3.05, 3.63) is 0 Å². The fourth-order valence-electron chi connectivity index (χ4n) is 0.752. The Morgan fingerprint density at radius 1 is 1.23 bits per heavy atom. The van der Waals surface area contributed by atoms with Crippen molar-refractivity contribution in [1.82, 2.24) is 4.90 Å². The maximum atomic E-state index is 8.94. The van der Waals surface area contributed by atoms with Gasteiger partial charge < -0.3 is 5.11 Å². The van der Waals surface area contributed by atoms with E-state index in [4.69, 9.17) is 22.6 Å². The van der Waals surface area contributed by atoms with Crippen LogP contribution in [-0.2, 0) is 10.4 Å². The summed E-state index contributed by atoms with van der Waals surface area (Å²) in [6.07, 6.45) is -0.287. The Balaban J connectivity index is 0. The molecule has 13 heavy (non-hydrogen) atoms. The Hall–Kier alpha value is -0.210. The molecule has 0 saturated heterocycles. The monoisotopic (exact) mass is 215 g/mol. The van der Waals surface area contributed by atoms with Crippen molar-refractivity contribution < 1.29 is 22.6 Å². The first-order valence-corrected chi connectivity index (χ1v) is 5.24. The minimum Gasteiger partial charge on any atom is -0.379 e. The lowest BCUT2D eigenvalue weighted by atomic mass is 10.5. The van der Waals surface area contributed by atoms with Crippen molar-refractivity contribution in [2.75, 3.05) is 13.1 Å². The largest absolute Gasteiger partial charge is 0.394 e. The molecule has 0 heterocycles. The molecule has 0 aromatic heterocycles. The standard InChI is InChI=1S/C6H15NO.H2O4S/c1-4-7(5-2)6(3)8;1-5(2,3)4/h6,8H,4-5H2,1-3H3;(H2,1,2,3,4). The number of aliphatic hydroxyl groups is 1. The molecular weight excluding hydrogens is 198 g/mol. The molecule has 0 saturated carbocycles. The molecule has 0 fully saturated rings. The predicted molar refractivity (Wildman–Crippen MR) is 48.8 cm³/mol. The summed E-state index contributed by atoms with van der Waals surface area (Å²) >= 11 is 0. The molecule has 0 aliphatic heterocycles. The van der Waals surface area contributed by atoms with Gasteiger partial charge in [0, 0.05) is 0 Å². The number of nitrogens with zero attached hydrogens (tertiary/aromatic N) is 1. The van der Waals surface area contributed by atoms with Gasteiger partial charge in [-0.2, -0.15) is 8.42 Å². The average molecular weight is 215 g/mol. The number of hydrogen-bond donors (Lipinski definition) is 3. The molecule has 0 rings (SSSR count). The van der Waals surface area contributed by atoms with E-state index in [-0.39, 0.29) is 6.23 Å². The van der Waals surface area contributed by atoms with Crippen molar-refractivity contribution in [3.63, 3.8) is 0 Å². The Labute approximate surface area is 78.8 Å². The molecule has 6 nitrogen and oxygen atoms in total. The minimum absolute atomic E-state index is 0.287. The van der Waals surface area contributed by atoms with Crippen LogP contribution < -0.4 is 0 Å². The second-order valence-electron chi connectivity index (χ2n) is 2.30. The van der Waals surface area contributed by atoms with Crippen molar-refractivity contribution in [2.24, 2.45) is 0 Å². The molecule has 1 atom stereocenters. The molecule has 0 aromatic carbocycles. The van der Waals surface area contributed by atoms with Crippen LogP contribution in [0.4, 0.5) is 0 Å². The van der Waals surface area contributed by atoms with Gasteiger partial charge in [0.2, 0.25) is 0 Å². The molecule has 0 bridgehead atoms. The molecule has 0 spiro atoms. The van der Waals surface area contributed by atoms with E-state index in [1.807, 2.05) is 18.7 Å². The third-order valence-corrected chi connectivity index (χ3v) is 1.34. The van der Waals surface area contributed by atoms with Gasteiger partial charge in [0.05, 0.1) is 0 Å². The van der Waals surface area contributed by atoms with Crippen LogP contribution in [0.3, 0.4) is 0 Å². The summed E-state index contributed by atoms with van der Waals surface area (Å²) < 4.78 is 31.6. The van der Waals surface area contributed by atoms with Crippen LogP contribution in [0.15, 0.2) is 0 Å². The van der Waals surface area contributed by atoms with Crippen LogP contribution in [0.1, 0.15) is 20.8 Å². The maximum Gasteiger partial charge on any atom is 0.394 e. The molecular formula is C6H17NO5S. The van der Waals surface area contributed by atoms with Gasteiger partial charge in [0.25, 0.3) is 0 Å². The summed E-state index contributed by atoms with van der Waals surface area (Å²) in [4.78, 5) is 1.97. The first-order valence-electron chi connectivity index (χ1n) is 3.84. The lowest BCUT2D eigenvalue weighted by molar-refractivity contribution is 0.0265. The second kappa shape index (κ2) is 7.22. The zero-order valence-electron chi connectivity index (χ0n) is 8.01. The van der Waals surface area contributed by atoms with Crippen LogP contribution >= 0.6 is 0 Å². The topological polar surface area (TPSA) is 98.1 Å². The molecule has 0 amide bonds. The summed E-state index contributed by atoms with van der Waals surface area (Å²) in [6.45, 7) is 7.71. The predicted octanol–water partition coefficient (Wildman–Crippen LogP) is 0.0137. The van der Waals surface area contributed by atoms with Crippen LogP contribution in [-0.4, -0.2) is 46.8 Å². The SMILES string of the molecule is CCN(CC)C(C)O.O=S(=O)(O)O. The van der Waals surface area contributed by atoms with Crippen molar-refractivity contribution in [1.29, 1.82) is 0 Å². The van der Waals surface area contributed by atoms with E-state index in [9.17, 15) is 0 Å². The summed E-state index contributed by atoms with van der Waals surface area (Å²) in [5, 5.41) is 8.94. The zero-order valence-corrected chi connectivity index (χ0v) is 8.82. The highest BCUT2D eigenvalue weighted by atomic mass is 32.3. The van der Waals surface area contributed by atoms with Gasteiger partial charge in [-0.15, -0.1) is 0 Å². The minimum atomic E-state index is -4.67. The highest BCUT2D eigenvalue weighted by Crippen LogP contribution is 1.91. The molecule has 7 heteroatoms. The maximum absolute atomic E-state index is 8.94. The van der Waals surface area contributed by atoms with E-state index >= 15 is 0 Å². The number of aliphatic hydroxyl groups excluding tert-OH is 1. The molecule has 0 aromatic rings. The highest BCUT2D eigenvalue weighted by molar-refractivity contribution is 7.79. The lowest BCUT2D eigenvalue weighted by Gasteiger charge is -2.20. The van der Waals surface area contributed by atoms with E-state index < -0.39 is 10.4 Å². The normalized spacial score (nSPS) is 13.5. The van der Waals surface area contributed by atoms with Crippen LogP contribution in [0.5, 0.6) is 0 Å². The Morgan fingerprint density at radius 3 is 1.46 bits per heavy atom. The number of hydrogen-bond acceptors (Lipinski definition) is 4. The van der Waals surface area contributed by atoms with Crippen LogP contribution in [0.2, 0.25) is 0 Å². The van der Waals surface area contributed by atoms with E-state index in [0.717, 1.165) is 13.1 Å². The second-order valence-corrected chi connectivity index (χ2v) is 3.20. The summed E-state index contributed by atoms with van der Waals surface area (Å²) in [5.74, 6) is 0. The first kappa shape index (κ1) is 15.3. The third kappa shape index (κ3) is 18.6. The molecule has 0 radical (unpaired) electrons. The summed E-state index contributed by atoms with van der Waals surface area (Å²) in [5.41, 5.74) is 0. The smallest absolute Gasteiger partial charge is 0.379 e. The van der Waals surface area contributed by atoms with Gasteiger partial charge in [0.1, 0.15) is 6.23 Å². The van der Waals surface area contributed by atoms with Crippen molar-refractivity contribution in [3.8, 4) is 0 Å². The van der Waals surface area contributed by atoms with Crippen LogP contribution in [0.25, 0.3) is 0 Å². The van der Waals surface area contributed by atoms with Crippen molar-refractivity contribution in [2.45, 2.75) is 27.0 Å². The van der Waals surface area contributed by atoms with Gasteiger partial charge in [-0.3, -0.25) is 14.0 Å². The molecule has 3 N–H and O–H groups in total. The highest BCUT2D eigenvalue weighted by Gasteiger charge is 2.02. The average Bonchev–Trinajstić information content (AvgIpc) is 1.85. The quantitative estimate of drug-likeness (QED) is 0.453. The Kier molecular flexibility index (Phi) is 8.48. The lowest BCUT2D eigenvalue weighted by Crippen LogP contribution is -2.32. The number of rotatable bonds is 3. The van der Waals surface area contributed by atoms with Gasteiger partial charge in [-0.1, -0.05) is 13.8 Å². The summed E-state index contributed by atoms with van der Waals surface area (Å²) in [7, 11) is -4.67. The molecule has 0 aliphatic rings. The Bertz CT molecular complexity index is 189.